The van der Waals surface area contributed by atoms with Crippen molar-refractivity contribution in [2.24, 2.45) is 0 Å². The van der Waals surface area contributed by atoms with E-state index in [1.807, 2.05) is 48.5 Å². The molecule has 6 rings (SSSR count). The van der Waals surface area contributed by atoms with Crippen molar-refractivity contribution in [3.05, 3.63) is 77.1 Å². The molecule has 176 valence electrons. The average Bonchev–Trinajstić information content (AvgIpc) is 3.48. The summed E-state index contributed by atoms with van der Waals surface area (Å²) in [5.41, 5.74) is 4.27. The molecule has 0 aliphatic heterocycles. The number of amides is 1. The SMILES string of the molecule is CN(Cc1ccccc1)C(=O)OC1CCc2c(sc3ncnc(Nc4ccc5[nH]ncc5c4)c23)C1. The first-order valence-corrected chi connectivity index (χ1v) is 12.4. The molecule has 2 N–H and O–H groups in total. The highest BCUT2D eigenvalue weighted by molar-refractivity contribution is 7.19. The van der Waals surface area contributed by atoms with Crippen LogP contribution in [0.15, 0.2) is 61.1 Å². The smallest absolute Gasteiger partial charge is 0.410 e. The van der Waals surface area contributed by atoms with E-state index >= 15 is 0 Å². The first-order valence-electron chi connectivity index (χ1n) is 11.5. The number of aromatic amines is 1. The van der Waals surface area contributed by atoms with Crippen LogP contribution in [0.2, 0.25) is 0 Å². The monoisotopic (exact) mass is 484 g/mol. The molecule has 9 heteroatoms. The van der Waals surface area contributed by atoms with Crippen LogP contribution in [-0.4, -0.2) is 44.3 Å². The fourth-order valence-electron chi connectivity index (χ4n) is 4.59. The molecular formula is C26H24N6O2S. The normalized spacial score (nSPS) is 15.2. The third-order valence-electron chi connectivity index (χ3n) is 6.34. The number of benzene rings is 2. The molecule has 1 atom stereocenters. The van der Waals surface area contributed by atoms with Crippen LogP contribution >= 0.6 is 11.3 Å². The van der Waals surface area contributed by atoms with Gasteiger partial charge in [0.1, 0.15) is 23.1 Å². The molecule has 2 aromatic carbocycles. The van der Waals surface area contributed by atoms with Crippen molar-refractivity contribution in [2.45, 2.75) is 31.9 Å². The number of fused-ring (bicyclic) bond motifs is 4. The number of hydrogen-bond donors (Lipinski definition) is 2. The number of hydrogen-bond acceptors (Lipinski definition) is 7. The van der Waals surface area contributed by atoms with Crippen molar-refractivity contribution in [1.29, 1.82) is 0 Å². The van der Waals surface area contributed by atoms with Crippen LogP contribution in [0.25, 0.3) is 21.1 Å². The Morgan fingerprint density at radius 2 is 2.11 bits per heavy atom. The summed E-state index contributed by atoms with van der Waals surface area (Å²) in [5, 5.41) is 12.6. The molecule has 8 nitrogen and oxygen atoms in total. The van der Waals surface area contributed by atoms with Gasteiger partial charge in [-0.15, -0.1) is 11.3 Å². The Morgan fingerprint density at radius 1 is 1.23 bits per heavy atom. The fourth-order valence-corrected chi connectivity index (χ4v) is 5.84. The molecule has 0 radical (unpaired) electrons. The number of carbonyl (C=O) groups excluding carboxylic acids is 1. The summed E-state index contributed by atoms with van der Waals surface area (Å²) in [7, 11) is 1.78. The van der Waals surface area contributed by atoms with Gasteiger partial charge in [-0.3, -0.25) is 5.10 Å². The molecule has 1 aliphatic rings. The van der Waals surface area contributed by atoms with Crippen LogP contribution in [0.3, 0.4) is 0 Å². The van der Waals surface area contributed by atoms with E-state index in [1.54, 1.807) is 35.8 Å². The minimum absolute atomic E-state index is 0.144. The molecule has 5 aromatic rings. The lowest BCUT2D eigenvalue weighted by molar-refractivity contribution is 0.0616. The summed E-state index contributed by atoms with van der Waals surface area (Å²) in [6, 6.07) is 16.0. The van der Waals surface area contributed by atoms with E-state index in [0.717, 1.165) is 51.0 Å². The van der Waals surface area contributed by atoms with Crippen molar-refractivity contribution in [3.63, 3.8) is 0 Å². The number of anilines is 2. The molecule has 35 heavy (non-hydrogen) atoms. The van der Waals surface area contributed by atoms with Gasteiger partial charge in [-0.05, 0) is 42.2 Å². The summed E-state index contributed by atoms with van der Waals surface area (Å²) in [6.07, 6.45) is 5.26. The number of aromatic nitrogens is 4. The number of nitrogens with zero attached hydrogens (tertiary/aromatic N) is 4. The second-order valence-corrected chi connectivity index (χ2v) is 9.88. The van der Waals surface area contributed by atoms with Crippen LogP contribution in [0, 0.1) is 0 Å². The maximum absolute atomic E-state index is 12.7. The molecule has 0 saturated heterocycles. The van der Waals surface area contributed by atoms with E-state index in [2.05, 4.69) is 25.5 Å². The van der Waals surface area contributed by atoms with Crippen molar-refractivity contribution in [3.8, 4) is 0 Å². The lowest BCUT2D eigenvalue weighted by atomic mass is 9.94. The van der Waals surface area contributed by atoms with Gasteiger partial charge in [-0.2, -0.15) is 5.10 Å². The quantitative estimate of drug-likeness (QED) is 0.345. The summed E-state index contributed by atoms with van der Waals surface area (Å²) in [4.78, 5) is 25.6. The van der Waals surface area contributed by atoms with Gasteiger partial charge in [0.05, 0.1) is 17.1 Å². The zero-order chi connectivity index (χ0) is 23.8. The zero-order valence-corrected chi connectivity index (χ0v) is 20.0. The number of aryl methyl sites for hydroxylation is 1. The molecule has 1 unspecified atom stereocenters. The molecule has 1 aliphatic carbocycles. The van der Waals surface area contributed by atoms with Crippen molar-refractivity contribution < 1.29 is 9.53 Å². The molecule has 0 spiro atoms. The van der Waals surface area contributed by atoms with Gasteiger partial charge in [0.25, 0.3) is 0 Å². The van der Waals surface area contributed by atoms with Gasteiger partial charge < -0.3 is 15.0 Å². The van der Waals surface area contributed by atoms with E-state index in [9.17, 15) is 4.79 Å². The van der Waals surface area contributed by atoms with Gasteiger partial charge in [0.2, 0.25) is 0 Å². The Kier molecular flexibility index (Phi) is 5.54. The minimum Gasteiger partial charge on any atom is -0.446 e. The largest absolute Gasteiger partial charge is 0.446 e. The van der Waals surface area contributed by atoms with Crippen molar-refractivity contribution in [2.75, 3.05) is 12.4 Å². The van der Waals surface area contributed by atoms with E-state index in [1.165, 1.54) is 10.4 Å². The summed E-state index contributed by atoms with van der Waals surface area (Å²) in [5.74, 6) is 0.799. The minimum atomic E-state index is -0.291. The number of H-pyrrole nitrogens is 1. The lowest BCUT2D eigenvalue weighted by Crippen LogP contribution is -2.33. The number of rotatable bonds is 5. The highest BCUT2D eigenvalue weighted by atomic mass is 32.1. The van der Waals surface area contributed by atoms with Gasteiger partial charge in [-0.1, -0.05) is 30.3 Å². The predicted molar refractivity (Wildman–Crippen MR) is 137 cm³/mol. The van der Waals surface area contributed by atoms with Crippen molar-refractivity contribution >= 4 is 50.1 Å². The standard InChI is InChI=1S/C26H24N6O2S/c1-32(14-16-5-3-2-4-6-16)26(33)34-19-8-9-20-22(12-19)35-25-23(20)24(27-15-28-25)30-18-7-10-21-17(11-18)13-29-31-21/h2-7,10-11,13,15,19H,8-9,12,14H2,1H3,(H,29,31)(H,27,28,30). The van der Waals surface area contributed by atoms with E-state index < -0.39 is 0 Å². The molecule has 0 saturated carbocycles. The third kappa shape index (κ3) is 4.30. The van der Waals surface area contributed by atoms with Gasteiger partial charge in [0, 0.05) is 36.0 Å². The molecule has 0 bridgehead atoms. The first-order chi connectivity index (χ1) is 17.1. The second kappa shape index (κ2) is 8.99. The number of ether oxygens (including phenoxy) is 1. The Bertz CT molecular complexity index is 1510. The Hall–Kier alpha value is -3.98. The average molecular weight is 485 g/mol. The first kappa shape index (κ1) is 21.5. The van der Waals surface area contributed by atoms with Gasteiger partial charge >= 0.3 is 6.09 Å². The third-order valence-corrected chi connectivity index (χ3v) is 7.51. The van der Waals surface area contributed by atoms with E-state index in [-0.39, 0.29) is 12.2 Å². The van der Waals surface area contributed by atoms with Gasteiger partial charge in [0.15, 0.2) is 0 Å². The van der Waals surface area contributed by atoms with Crippen LogP contribution in [-0.2, 0) is 24.1 Å². The molecule has 1 amide bonds. The Balaban J connectivity index is 1.19. The summed E-state index contributed by atoms with van der Waals surface area (Å²) >= 11 is 1.66. The van der Waals surface area contributed by atoms with E-state index in [0.29, 0.717) is 13.0 Å². The second-order valence-electron chi connectivity index (χ2n) is 8.79. The highest BCUT2D eigenvalue weighted by Gasteiger charge is 2.28. The Labute approximate surface area is 206 Å². The fraction of sp³-hybridized carbons (Fsp3) is 0.231. The van der Waals surface area contributed by atoms with Crippen molar-refractivity contribution in [1.82, 2.24) is 25.1 Å². The summed E-state index contributed by atoms with van der Waals surface area (Å²) < 4.78 is 5.87. The lowest BCUT2D eigenvalue weighted by Gasteiger charge is -2.25. The summed E-state index contributed by atoms with van der Waals surface area (Å²) in [6.45, 7) is 0.524. The zero-order valence-electron chi connectivity index (χ0n) is 19.2. The maximum atomic E-state index is 12.7. The molecule has 3 heterocycles. The molecule has 3 aromatic heterocycles. The molecule has 0 fully saturated rings. The predicted octanol–water partition coefficient (Wildman–Crippen LogP) is 5.44. The van der Waals surface area contributed by atoms with Crippen LogP contribution in [0.5, 0.6) is 0 Å². The topological polar surface area (TPSA) is 96.0 Å². The van der Waals surface area contributed by atoms with E-state index in [4.69, 9.17) is 4.74 Å². The Morgan fingerprint density at radius 3 is 3.00 bits per heavy atom. The van der Waals surface area contributed by atoms with Crippen LogP contribution in [0.1, 0.15) is 22.4 Å². The number of carbonyl (C=O) groups is 1. The van der Waals surface area contributed by atoms with Crippen LogP contribution in [0.4, 0.5) is 16.3 Å². The van der Waals surface area contributed by atoms with Gasteiger partial charge in [-0.25, -0.2) is 14.8 Å². The van der Waals surface area contributed by atoms with Crippen LogP contribution < -0.4 is 5.32 Å². The number of thiophene rings is 1. The highest BCUT2D eigenvalue weighted by Crippen LogP contribution is 2.39. The number of nitrogens with one attached hydrogen (secondary N) is 2. The maximum Gasteiger partial charge on any atom is 0.410 e. The molecular weight excluding hydrogens is 460 g/mol.